The molecule has 2 aromatic heterocycles. The second kappa shape index (κ2) is 4.16. The van der Waals surface area contributed by atoms with Crippen LogP contribution in [0.15, 0.2) is 12.7 Å². The first-order valence-corrected chi connectivity index (χ1v) is 13.0. The molecule has 2 heterocycles. The normalized spacial score (nSPS) is 13.0. The number of aromatic amines is 1. The zero-order valence-corrected chi connectivity index (χ0v) is 13.9. The van der Waals surface area contributed by atoms with E-state index < -0.39 is 16.5 Å². The Morgan fingerprint density at radius 1 is 0.944 bits per heavy atom. The van der Waals surface area contributed by atoms with Gasteiger partial charge < -0.3 is 9.22 Å². The summed E-state index contributed by atoms with van der Waals surface area (Å²) < 4.78 is 2.57. The van der Waals surface area contributed by atoms with Crippen LogP contribution < -0.4 is 4.23 Å². The first-order chi connectivity index (χ1) is 8.21. The van der Waals surface area contributed by atoms with Gasteiger partial charge in [-0.05, 0) is 0 Å². The summed E-state index contributed by atoms with van der Waals surface area (Å²) in [5.41, 5.74) is 1.71. The van der Waals surface area contributed by atoms with Crippen molar-refractivity contribution in [3.63, 3.8) is 0 Å². The van der Waals surface area contributed by atoms with Gasteiger partial charge in [0.1, 0.15) is 34.1 Å². The van der Waals surface area contributed by atoms with Crippen LogP contribution in [0.2, 0.25) is 39.3 Å². The van der Waals surface area contributed by atoms with Crippen LogP contribution in [0.25, 0.3) is 11.2 Å². The van der Waals surface area contributed by atoms with E-state index in [2.05, 4.69) is 63.4 Å². The Kier molecular flexibility index (Phi) is 3.06. The number of anilines is 1. The molecule has 18 heavy (non-hydrogen) atoms. The molecule has 0 saturated carbocycles. The summed E-state index contributed by atoms with van der Waals surface area (Å²) in [6.07, 6.45) is 3.31. The van der Waals surface area contributed by atoms with Crippen molar-refractivity contribution in [1.82, 2.24) is 19.9 Å². The Morgan fingerprint density at radius 2 is 1.56 bits per heavy atom. The van der Waals surface area contributed by atoms with E-state index in [1.807, 2.05) is 0 Å². The summed E-state index contributed by atoms with van der Waals surface area (Å²) >= 11 is 0. The highest BCUT2D eigenvalue weighted by Gasteiger charge is 2.36. The van der Waals surface area contributed by atoms with Gasteiger partial charge in [0.15, 0.2) is 5.65 Å². The van der Waals surface area contributed by atoms with Gasteiger partial charge in [-0.3, -0.25) is 0 Å². The van der Waals surface area contributed by atoms with Gasteiger partial charge in [-0.2, -0.15) is 0 Å². The minimum atomic E-state index is -1.50. The molecule has 0 atom stereocenters. The molecule has 0 aliphatic rings. The van der Waals surface area contributed by atoms with Crippen molar-refractivity contribution in [2.75, 3.05) is 4.23 Å². The largest absolute Gasteiger partial charge is 0.408 e. The number of fused-ring (bicyclic) bond motifs is 1. The van der Waals surface area contributed by atoms with E-state index in [9.17, 15) is 0 Å². The predicted octanol–water partition coefficient (Wildman–Crippen LogP) is 2.83. The van der Waals surface area contributed by atoms with E-state index >= 15 is 0 Å². The Balaban J connectivity index is 2.66. The van der Waals surface area contributed by atoms with E-state index in [-0.39, 0.29) is 0 Å². The average Bonchev–Trinajstić information content (AvgIpc) is 2.61. The molecule has 0 aliphatic carbocycles. The minimum Gasteiger partial charge on any atom is -0.408 e. The van der Waals surface area contributed by atoms with Crippen LogP contribution >= 0.6 is 0 Å². The zero-order chi connectivity index (χ0) is 13.6. The van der Waals surface area contributed by atoms with Crippen LogP contribution in [0, 0.1) is 0 Å². The van der Waals surface area contributed by atoms with E-state index in [1.54, 1.807) is 12.7 Å². The van der Waals surface area contributed by atoms with Gasteiger partial charge in [-0.25, -0.2) is 15.0 Å². The Morgan fingerprint density at radius 3 is 2.11 bits per heavy atom. The van der Waals surface area contributed by atoms with Crippen LogP contribution in [0.4, 0.5) is 5.82 Å². The van der Waals surface area contributed by atoms with Crippen molar-refractivity contribution in [3.8, 4) is 0 Å². The summed E-state index contributed by atoms with van der Waals surface area (Å²) in [5.74, 6) is 1.02. The molecule has 0 aliphatic heterocycles. The fraction of sp³-hybridized carbons (Fsp3) is 0.545. The smallest absolute Gasteiger partial charge is 0.182 e. The van der Waals surface area contributed by atoms with E-state index in [1.165, 1.54) is 0 Å². The summed E-state index contributed by atoms with van der Waals surface area (Å²) in [7, 11) is -2.99. The first kappa shape index (κ1) is 13.2. The third-order valence-corrected chi connectivity index (χ3v) is 9.89. The summed E-state index contributed by atoms with van der Waals surface area (Å²) in [6, 6.07) is 0. The second-order valence-corrected chi connectivity index (χ2v) is 16.5. The molecular formula is C11H21N5Si2. The molecule has 0 bridgehead atoms. The van der Waals surface area contributed by atoms with Crippen LogP contribution in [0.3, 0.4) is 0 Å². The van der Waals surface area contributed by atoms with Gasteiger partial charge in [-0.15, -0.1) is 0 Å². The molecular weight excluding hydrogens is 258 g/mol. The Hall–Kier alpha value is -1.22. The molecule has 0 spiro atoms. The molecule has 98 valence electrons. The highest BCUT2D eigenvalue weighted by atomic mass is 28.4. The Bertz CT molecular complexity index is 538. The SMILES string of the molecule is C[Si](C)(C)N(c1ncnc2nc[nH]c12)[Si](C)(C)C. The number of nitrogens with zero attached hydrogens (tertiary/aromatic N) is 4. The minimum absolute atomic E-state index is 0.751. The third-order valence-electron chi connectivity index (χ3n) is 2.76. The van der Waals surface area contributed by atoms with Crippen molar-refractivity contribution < 1.29 is 0 Å². The fourth-order valence-electron chi connectivity index (χ4n) is 2.56. The van der Waals surface area contributed by atoms with Crippen molar-refractivity contribution in [2.45, 2.75) is 39.3 Å². The lowest BCUT2D eigenvalue weighted by atomic mass is 10.5. The van der Waals surface area contributed by atoms with Crippen molar-refractivity contribution >= 4 is 33.5 Å². The molecule has 2 rings (SSSR count). The van der Waals surface area contributed by atoms with Crippen molar-refractivity contribution in [2.24, 2.45) is 0 Å². The van der Waals surface area contributed by atoms with Gasteiger partial charge in [-0.1, -0.05) is 39.3 Å². The van der Waals surface area contributed by atoms with Gasteiger partial charge in [0.05, 0.1) is 6.33 Å². The molecule has 7 heteroatoms. The van der Waals surface area contributed by atoms with Gasteiger partial charge >= 0.3 is 0 Å². The number of hydrogen-bond donors (Lipinski definition) is 1. The fourth-order valence-corrected chi connectivity index (χ4v) is 12.2. The van der Waals surface area contributed by atoms with Crippen LogP contribution in [-0.2, 0) is 0 Å². The first-order valence-electron chi connectivity index (χ1n) is 6.15. The number of imidazole rings is 1. The number of H-pyrrole nitrogens is 1. The predicted molar refractivity (Wildman–Crippen MR) is 80.9 cm³/mol. The highest BCUT2D eigenvalue weighted by molar-refractivity contribution is 6.99. The van der Waals surface area contributed by atoms with Crippen LogP contribution in [0.1, 0.15) is 0 Å². The third kappa shape index (κ3) is 2.32. The van der Waals surface area contributed by atoms with E-state index in [0.717, 1.165) is 17.0 Å². The molecule has 2 aromatic rings. The van der Waals surface area contributed by atoms with Gasteiger partial charge in [0.25, 0.3) is 0 Å². The van der Waals surface area contributed by atoms with Crippen molar-refractivity contribution in [1.29, 1.82) is 0 Å². The van der Waals surface area contributed by atoms with E-state index in [4.69, 9.17) is 0 Å². The average molecular weight is 279 g/mol. The van der Waals surface area contributed by atoms with Gasteiger partial charge in [0.2, 0.25) is 0 Å². The van der Waals surface area contributed by atoms with Crippen LogP contribution in [-0.4, -0.2) is 36.4 Å². The molecule has 0 amide bonds. The second-order valence-electron chi connectivity index (χ2n) is 6.48. The maximum absolute atomic E-state index is 4.53. The molecule has 5 nitrogen and oxygen atoms in total. The van der Waals surface area contributed by atoms with Crippen molar-refractivity contribution in [3.05, 3.63) is 12.7 Å². The molecule has 0 aromatic carbocycles. The van der Waals surface area contributed by atoms with Crippen LogP contribution in [0.5, 0.6) is 0 Å². The lowest BCUT2D eigenvalue weighted by molar-refractivity contribution is 1.16. The maximum atomic E-state index is 4.53. The summed E-state index contributed by atoms with van der Waals surface area (Å²) in [4.78, 5) is 16.1. The number of nitrogens with one attached hydrogen (secondary N) is 1. The molecule has 0 unspecified atom stereocenters. The molecule has 0 radical (unpaired) electrons. The zero-order valence-electron chi connectivity index (χ0n) is 11.9. The highest BCUT2D eigenvalue weighted by Crippen LogP contribution is 2.30. The molecule has 0 fully saturated rings. The monoisotopic (exact) mass is 279 g/mol. The summed E-state index contributed by atoms with van der Waals surface area (Å²) in [5, 5.41) is 0. The maximum Gasteiger partial charge on any atom is 0.182 e. The number of aromatic nitrogens is 4. The van der Waals surface area contributed by atoms with Gasteiger partial charge in [0, 0.05) is 0 Å². The Labute approximate surface area is 110 Å². The standard InChI is InChI=1S/C11H21N5Si2/c1-17(2,3)16(18(4,5)6)11-9-10(13-7-12-9)14-8-15-11/h7-8H,1-6H3,(H,12,13,14,15). The number of hydrogen-bond acceptors (Lipinski definition) is 4. The quantitative estimate of drug-likeness (QED) is 0.878. The number of rotatable bonds is 3. The molecule has 0 saturated heterocycles. The molecule has 1 N–H and O–H groups in total. The lowest BCUT2D eigenvalue weighted by Crippen LogP contribution is -2.60. The lowest BCUT2D eigenvalue weighted by Gasteiger charge is -2.44. The van der Waals surface area contributed by atoms with E-state index in [0.29, 0.717) is 0 Å². The summed E-state index contributed by atoms with van der Waals surface area (Å²) in [6.45, 7) is 14.1. The topological polar surface area (TPSA) is 57.7 Å².